The second-order valence-electron chi connectivity index (χ2n) is 12.0. The molecule has 32 heavy (non-hydrogen) atoms. The molecule has 2 amide bonds. The number of fused-ring (bicyclic) bond motifs is 5. The van der Waals surface area contributed by atoms with Gasteiger partial charge in [0.15, 0.2) is 0 Å². The van der Waals surface area contributed by atoms with Crippen LogP contribution >= 0.6 is 0 Å². The minimum absolute atomic E-state index is 0.0644. The first-order chi connectivity index (χ1) is 14.8. The number of piperidine rings is 1. The smallest absolute Gasteiger partial charge is 0.344 e. The molecule has 1 N–H and O–H groups in total. The zero-order valence-electron chi connectivity index (χ0n) is 20.1. The van der Waals surface area contributed by atoms with E-state index in [-0.39, 0.29) is 17.4 Å². The van der Waals surface area contributed by atoms with Crippen LogP contribution in [0.2, 0.25) is 0 Å². The van der Waals surface area contributed by atoms with E-state index in [4.69, 9.17) is 0 Å². The average molecular weight is 457 g/mol. The lowest BCUT2D eigenvalue weighted by Crippen LogP contribution is -2.65. The Hall–Kier alpha value is -1.27. The van der Waals surface area contributed by atoms with Crippen molar-refractivity contribution < 1.29 is 22.8 Å². The van der Waals surface area contributed by atoms with Gasteiger partial charge in [0.1, 0.15) is 12.0 Å². The number of rotatable bonds is 3. The van der Waals surface area contributed by atoms with Crippen molar-refractivity contribution in [3.63, 3.8) is 0 Å². The van der Waals surface area contributed by atoms with Gasteiger partial charge < -0.3 is 10.2 Å². The predicted molar refractivity (Wildman–Crippen MR) is 116 cm³/mol. The first-order valence-corrected chi connectivity index (χ1v) is 12.4. The van der Waals surface area contributed by atoms with Crippen molar-refractivity contribution in [1.82, 2.24) is 10.2 Å². The summed E-state index contributed by atoms with van der Waals surface area (Å²) in [7, 11) is 1.75. The Balaban J connectivity index is 1.59. The van der Waals surface area contributed by atoms with Crippen molar-refractivity contribution in [1.29, 1.82) is 0 Å². The maximum absolute atomic E-state index is 13.5. The maximum atomic E-state index is 13.5. The largest absolute Gasteiger partial charge is 0.408 e. The molecule has 4 aliphatic rings. The van der Waals surface area contributed by atoms with Gasteiger partial charge in [-0.3, -0.25) is 9.59 Å². The Bertz CT molecular complexity index is 769. The summed E-state index contributed by atoms with van der Waals surface area (Å²) in [5, 5.41) is 2.19. The van der Waals surface area contributed by atoms with Crippen LogP contribution in [0.3, 0.4) is 0 Å². The van der Waals surface area contributed by atoms with Crippen LogP contribution in [0.4, 0.5) is 13.2 Å². The van der Waals surface area contributed by atoms with Gasteiger partial charge in [0.25, 0.3) is 0 Å². The third-order valence-corrected chi connectivity index (χ3v) is 9.99. The average Bonchev–Trinajstić information content (AvgIpc) is 3.09. The van der Waals surface area contributed by atoms with Gasteiger partial charge in [0.05, 0.1) is 0 Å². The zero-order valence-corrected chi connectivity index (χ0v) is 20.1. The van der Waals surface area contributed by atoms with Crippen LogP contribution in [0.5, 0.6) is 0 Å². The van der Waals surface area contributed by atoms with Gasteiger partial charge in [-0.05, 0) is 79.4 Å². The van der Waals surface area contributed by atoms with E-state index < -0.39 is 30.0 Å². The van der Waals surface area contributed by atoms with E-state index in [1.165, 1.54) is 39.5 Å². The van der Waals surface area contributed by atoms with Gasteiger partial charge >= 0.3 is 6.18 Å². The lowest BCUT2D eigenvalue weighted by molar-refractivity contribution is -0.179. The van der Waals surface area contributed by atoms with Gasteiger partial charge in [-0.15, -0.1) is 0 Å². The predicted octanol–water partition coefficient (Wildman–Crippen LogP) is 5.17. The summed E-state index contributed by atoms with van der Waals surface area (Å²) in [6.07, 6.45) is 3.98. The van der Waals surface area contributed by atoms with Gasteiger partial charge in [-0.2, -0.15) is 13.2 Å². The van der Waals surface area contributed by atoms with E-state index in [9.17, 15) is 22.8 Å². The summed E-state index contributed by atoms with van der Waals surface area (Å²) in [5.41, 5.74) is 0.178. The van der Waals surface area contributed by atoms with E-state index in [1.54, 1.807) is 11.9 Å². The van der Waals surface area contributed by atoms with Gasteiger partial charge in [0, 0.05) is 13.1 Å². The fourth-order valence-electron chi connectivity index (χ4n) is 8.36. The molecule has 0 radical (unpaired) electrons. The van der Waals surface area contributed by atoms with Crippen LogP contribution in [-0.4, -0.2) is 42.0 Å². The zero-order chi connectivity index (χ0) is 23.6. The summed E-state index contributed by atoms with van der Waals surface area (Å²) < 4.78 is 40.5. The Morgan fingerprint density at radius 3 is 2.41 bits per heavy atom. The number of carbonyl (C=O) groups excluding carboxylic acids is 2. The number of nitrogens with zero attached hydrogens (tertiary/aromatic N) is 1. The van der Waals surface area contributed by atoms with Crippen LogP contribution in [-0.2, 0) is 9.59 Å². The fourth-order valence-corrected chi connectivity index (χ4v) is 8.36. The van der Waals surface area contributed by atoms with Gasteiger partial charge in [0.2, 0.25) is 11.8 Å². The van der Waals surface area contributed by atoms with Crippen molar-refractivity contribution >= 4 is 11.8 Å². The third kappa shape index (κ3) is 3.66. The minimum Gasteiger partial charge on any atom is -0.344 e. The van der Waals surface area contributed by atoms with Crippen LogP contribution in [0.15, 0.2) is 0 Å². The third-order valence-electron chi connectivity index (χ3n) is 9.99. The molecule has 7 heteroatoms. The Kier molecular flexibility index (Phi) is 5.89. The lowest BCUT2D eigenvalue weighted by atomic mass is 9.47. The highest BCUT2D eigenvalue weighted by Crippen LogP contribution is 2.65. The highest BCUT2D eigenvalue weighted by atomic mass is 19.4. The van der Waals surface area contributed by atoms with Crippen LogP contribution in [0.25, 0.3) is 0 Å². The highest BCUT2D eigenvalue weighted by molar-refractivity contribution is 6.01. The molecule has 0 bridgehead atoms. The van der Waals surface area contributed by atoms with E-state index in [0.29, 0.717) is 29.6 Å². The van der Waals surface area contributed by atoms with Crippen molar-refractivity contribution in [2.75, 3.05) is 7.05 Å². The molecule has 4 rings (SSSR count). The molecule has 182 valence electrons. The molecule has 3 unspecified atom stereocenters. The van der Waals surface area contributed by atoms with Crippen molar-refractivity contribution in [3.8, 4) is 0 Å². The molecule has 1 heterocycles. The van der Waals surface area contributed by atoms with Crippen molar-refractivity contribution in [2.45, 2.75) is 97.3 Å². The molecule has 0 aromatic rings. The molecule has 4 nitrogen and oxygen atoms in total. The van der Waals surface area contributed by atoms with E-state index >= 15 is 0 Å². The second-order valence-corrected chi connectivity index (χ2v) is 12.0. The van der Waals surface area contributed by atoms with Gasteiger partial charge in [-0.1, -0.05) is 34.1 Å². The topological polar surface area (TPSA) is 49.4 Å². The first-order valence-electron chi connectivity index (χ1n) is 12.4. The molecule has 8 atom stereocenters. The van der Waals surface area contributed by atoms with E-state index in [1.807, 2.05) is 0 Å². The fraction of sp³-hybridized carbons (Fsp3) is 0.920. The number of hydrogen-bond acceptors (Lipinski definition) is 2. The molecule has 1 aliphatic heterocycles. The normalized spacial score (nSPS) is 42.8. The Morgan fingerprint density at radius 1 is 1.09 bits per heavy atom. The Labute approximate surface area is 190 Å². The SMILES string of the molecule is CC(C)C(NC(=O)C1C[C@@]2(C)C(CC[C@@H]3[C@H]2CC[C@]2(C)CCC[C@@H]32)N(C)C1=O)C(F)(F)F. The van der Waals surface area contributed by atoms with Crippen LogP contribution in [0, 0.1) is 40.4 Å². The van der Waals surface area contributed by atoms with Crippen LogP contribution < -0.4 is 5.32 Å². The summed E-state index contributed by atoms with van der Waals surface area (Å²) in [6.45, 7) is 7.53. The first kappa shape index (κ1) is 23.9. The molecule has 0 spiro atoms. The number of hydrogen-bond donors (Lipinski definition) is 1. The molecule has 0 aromatic heterocycles. The number of amides is 2. The number of carbonyl (C=O) groups is 2. The second kappa shape index (κ2) is 7.90. The van der Waals surface area contributed by atoms with E-state index in [2.05, 4.69) is 19.2 Å². The molecule has 3 saturated carbocycles. The minimum atomic E-state index is -4.54. The molecule has 1 saturated heterocycles. The maximum Gasteiger partial charge on any atom is 0.408 e. The summed E-state index contributed by atoms with van der Waals surface area (Å²) in [5.74, 6) is -1.20. The molecular weight excluding hydrogens is 417 g/mol. The molecule has 0 aromatic carbocycles. The van der Waals surface area contributed by atoms with Crippen LogP contribution in [0.1, 0.15) is 79.1 Å². The number of likely N-dealkylation sites (tertiary alicyclic amines) is 1. The monoisotopic (exact) mass is 456 g/mol. The van der Waals surface area contributed by atoms with Crippen molar-refractivity contribution in [3.05, 3.63) is 0 Å². The standard InChI is InChI=1S/C25H39F3N2O2/c1-14(2)20(25(26,27)28)29-21(31)16-13-24(4)18-10-12-23(3)11-6-7-17(23)15(18)8-9-19(24)30(5)22(16)32/h14-20H,6-13H2,1-5H3,(H,29,31)/t15-,16?,17-,18+,19?,20?,23-,24+/m0/s1. The molecule has 4 fully saturated rings. The number of nitrogens with one attached hydrogen (secondary N) is 1. The molecular formula is C25H39F3N2O2. The lowest BCUT2D eigenvalue weighted by Gasteiger charge is -2.62. The van der Waals surface area contributed by atoms with Gasteiger partial charge in [-0.25, -0.2) is 0 Å². The number of alkyl halides is 3. The quantitative estimate of drug-likeness (QED) is 0.596. The van der Waals surface area contributed by atoms with E-state index in [0.717, 1.165) is 19.3 Å². The summed E-state index contributed by atoms with van der Waals surface area (Å²) >= 11 is 0. The Morgan fingerprint density at radius 2 is 1.78 bits per heavy atom. The van der Waals surface area contributed by atoms with Crippen molar-refractivity contribution in [2.24, 2.45) is 40.4 Å². The molecule has 3 aliphatic carbocycles. The highest BCUT2D eigenvalue weighted by Gasteiger charge is 2.61. The summed E-state index contributed by atoms with van der Waals surface area (Å²) in [6, 6.07) is -1.87. The summed E-state index contributed by atoms with van der Waals surface area (Å²) in [4.78, 5) is 27.9. The number of halogens is 3.